The first kappa shape index (κ1) is 8.33. The van der Waals surface area contributed by atoms with Gasteiger partial charge < -0.3 is 4.79 Å². The molecule has 0 spiro atoms. The number of hydrogen-bond donors (Lipinski definition) is 0. The molecule has 0 unspecified atom stereocenters. The van der Waals surface area contributed by atoms with Gasteiger partial charge in [-0.05, 0) is 22.4 Å². The topological polar surface area (TPSA) is 42.9 Å². The maximum atomic E-state index is 10.0. The van der Waals surface area contributed by atoms with Gasteiger partial charge in [0.1, 0.15) is 12.6 Å². The lowest BCUT2D eigenvalue weighted by Crippen LogP contribution is -1.92. The molecule has 3 nitrogen and oxygen atoms in total. The fourth-order valence-corrected chi connectivity index (χ4v) is 1.14. The van der Waals surface area contributed by atoms with Crippen molar-refractivity contribution in [1.29, 1.82) is 0 Å². The van der Waals surface area contributed by atoms with Crippen LogP contribution in [0.15, 0.2) is 17.0 Å². The Morgan fingerprint density at radius 2 is 2.45 bits per heavy atom. The van der Waals surface area contributed by atoms with Gasteiger partial charge in [0, 0.05) is 12.6 Å². The highest BCUT2D eigenvalue weighted by Gasteiger charge is 1.98. The Hall–Kier alpha value is -0.770. The van der Waals surface area contributed by atoms with Gasteiger partial charge in [0.2, 0.25) is 0 Å². The third kappa shape index (κ3) is 2.38. The number of nitrogens with zero attached hydrogens (tertiary/aromatic N) is 2. The Morgan fingerprint density at radius 3 is 3.09 bits per heavy atom. The summed E-state index contributed by atoms with van der Waals surface area (Å²) in [5, 5.41) is 0. The van der Waals surface area contributed by atoms with Crippen molar-refractivity contribution in [2.24, 2.45) is 0 Å². The molecule has 4 heteroatoms. The van der Waals surface area contributed by atoms with Crippen LogP contribution in [-0.2, 0) is 11.2 Å². The molecule has 1 aromatic rings. The lowest BCUT2D eigenvalue weighted by atomic mass is 10.2. The van der Waals surface area contributed by atoms with Crippen LogP contribution in [0.5, 0.6) is 0 Å². The lowest BCUT2D eigenvalue weighted by molar-refractivity contribution is -0.107. The molecule has 0 saturated carbocycles. The van der Waals surface area contributed by atoms with E-state index in [-0.39, 0.29) is 0 Å². The zero-order valence-corrected chi connectivity index (χ0v) is 7.41. The summed E-state index contributed by atoms with van der Waals surface area (Å²) in [6, 6.07) is 0. The van der Waals surface area contributed by atoms with Crippen LogP contribution in [0.3, 0.4) is 0 Å². The van der Waals surface area contributed by atoms with E-state index in [1.54, 1.807) is 6.20 Å². The van der Waals surface area contributed by atoms with Crippen LogP contribution in [0.1, 0.15) is 12.1 Å². The molecule has 0 N–H and O–H groups in total. The third-order valence-corrected chi connectivity index (χ3v) is 1.91. The van der Waals surface area contributed by atoms with Crippen LogP contribution in [0.25, 0.3) is 0 Å². The molecule has 58 valence electrons. The Bertz CT molecular complexity index is 252. The molecule has 0 atom stereocenters. The van der Waals surface area contributed by atoms with E-state index in [1.807, 2.05) is 0 Å². The Morgan fingerprint density at radius 1 is 1.64 bits per heavy atom. The number of aldehydes is 1. The zero-order chi connectivity index (χ0) is 8.10. The highest BCUT2D eigenvalue weighted by Crippen LogP contribution is 2.12. The second kappa shape index (κ2) is 4.18. The summed E-state index contributed by atoms with van der Waals surface area (Å²) in [7, 11) is 0. The predicted octanol–water partition coefficient (Wildman–Crippen LogP) is 1.37. The first-order valence-corrected chi connectivity index (χ1v) is 4.02. The number of hydrogen-bond acceptors (Lipinski definition) is 3. The number of rotatable bonds is 3. The molecule has 0 bridgehead atoms. The molecule has 1 aromatic heterocycles. The molecule has 0 saturated heterocycles. The van der Waals surface area contributed by atoms with Crippen LogP contribution in [-0.4, -0.2) is 16.3 Å². The maximum absolute atomic E-state index is 10.0. The highest BCUT2D eigenvalue weighted by molar-refractivity contribution is 9.10. The average molecular weight is 215 g/mol. The van der Waals surface area contributed by atoms with Gasteiger partial charge in [0.25, 0.3) is 0 Å². The smallest absolute Gasteiger partial charge is 0.120 e. The molecular weight excluding hydrogens is 208 g/mol. The largest absolute Gasteiger partial charge is 0.303 e. The van der Waals surface area contributed by atoms with Crippen molar-refractivity contribution in [3.63, 3.8) is 0 Å². The van der Waals surface area contributed by atoms with E-state index in [9.17, 15) is 4.79 Å². The molecule has 0 fully saturated rings. The van der Waals surface area contributed by atoms with Gasteiger partial charge in [0.15, 0.2) is 0 Å². The molecule has 1 heterocycles. The maximum Gasteiger partial charge on any atom is 0.120 e. The van der Waals surface area contributed by atoms with Gasteiger partial charge in [-0.3, -0.25) is 0 Å². The number of carbonyl (C=O) groups excluding carboxylic acids is 1. The fraction of sp³-hybridized carbons (Fsp3) is 0.286. The summed E-state index contributed by atoms with van der Waals surface area (Å²) in [6.07, 6.45) is 5.22. The number of halogens is 1. The number of aryl methyl sites for hydroxylation is 1. The van der Waals surface area contributed by atoms with Crippen LogP contribution >= 0.6 is 15.9 Å². The fourth-order valence-electron chi connectivity index (χ4n) is 0.718. The van der Waals surface area contributed by atoms with E-state index in [0.717, 1.165) is 16.5 Å². The van der Waals surface area contributed by atoms with Crippen molar-refractivity contribution in [2.45, 2.75) is 12.8 Å². The monoisotopic (exact) mass is 214 g/mol. The van der Waals surface area contributed by atoms with E-state index < -0.39 is 0 Å². The van der Waals surface area contributed by atoms with Gasteiger partial charge in [-0.2, -0.15) is 0 Å². The van der Waals surface area contributed by atoms with Crippen LogP contribution < -0.4 is 0 Å². The van der Waals surface area contributed by atoms with Gasteiger partial charge in [-0.1, -0.05) is 0 Å². The van der Waals surface area contributed by atoms with E-state index in [2.05, 4.69) is 25.9 Å². The van der Waals surface area contributed by atoms with E-state index in [4.69, 9.17) is 0 Å². The molecule has 11 heavy (non-hydrogen) atoms. The van der Waals surface area contributed by atoms with Gasteiger partial charge >= 0.3 is 0 Å². The third-order valence-electron chi connectivity index (χ3n) is 1.24. The SMILES string of the molecule is O=CCCc1ncncc1Br. The van der Waals surface area contributed by atoms with Crippen molar-refractivity contribution in [3.8, 4) is 0 Å². The van der Waals surface area contributed by atoms with Crippen molar-refractivity contribution >= 4 is 22.2 Å². The van der Waals surface area contributed by atoms with E-state index in [1.165, 1.54) is 6.33 Å². The normalized spacial score (nSPS) is 9.55. The van der Waals surface area contributed by atoms with Crippen molar-refractivity contribution < 1.29 is 4.79 Å². The Balaban J connectivity index is 2.69. The molecule has 0 aromatic carbocycles. The second-order valence-corrected chi connectivity index (χ2v) is 2.88. The molecule has 0 aliphatic heterocycles. The summed E-state index contributed by atoms with van der Waals surface area (Å²) in [4.78, 5) is 17.8. The molecule has 0 aliphatic rings. The minimum atomic E-state index is 0.510. The summed E-state index contributed by atoms with van der Waals surface area (Å²) >= 11 is 3.29. The Labute approximate surface area is 73.0 Å². The first-order valence-electron chi connectivity index (χ1n) is 3.22. The standard InChI is InChI=1S/C7H7BrN2O/c8-6-4-9-5-10-7(6)2-1-3-11/h3-5H,1-2H2. The lowest BCUT2D eigenvalue weighted by Gasteiger charge is -1.97. The van der Waals surface area contributed by atoms with Crippen molar-refractivity contribution in [3.05, 3.63) is 22.7 Å². The van der Waals surface area contributed by atoms with Gasteiger partial charge in [-0.25, -0.2) is 9.97 Å². The summed E-state index contributed by atoms with van der Waals surface area (Å²) in [5.74, 6) is 0. The van der Waals surface area contributed by atoms with Crippen molar-refractivity contribution in [2.75, 3.05) is 0 Å². The van der Waals surface area contributed by atoms with Crippen LogP contribution in [0.4, 0.5) is 0 Å². The first-order chi connectivity index (χ1) is 5.34. The minimum Gasteiger partial charge on any atom is -0.303 e. The van der Waals surface area contributed by atoms with Gasteiger partial charge in [-0.15, -0.1) is 0 Å². The van der Waals surface area contributed by atoms with E-state index in [0.29, 0.717) is 12.8 Å². The molecule has 0 radical (unpaired) electrons. The second-order valence-electron chi connectivity index (χ2n) is 2.02. The zero-order valence-electron chi connectivity index (χ0n) is 5.83. The summed E-state index contributed by atoms with van der Waals surface area (Å²) in [6.45, 7) is 0. The average Bonchev–Trinajstić information content (AvgIpc) is 2.03. The quantitative estimate of drug-likeness (QED) is 0.715. The van der Waals surface area contributed by atoms with E-state index >= 15 is 0 Å². The summed E-state index contributed by atoms with van der Waals surface area (Å²) in [5.41, 5.74) is 0.882. The molecule has 1 rings (SSSR count). The number of carbonyl (C=O) groups is 1. The van der Waals surface area contributed by atoms with Crippen molar-refractivity contribution in [1.82, 2.24) is 9.97 Å². The minimum absolute atomic E-state index is 0.510. The number of aromatic nitrogens is 2. The Kier molecular flexibility index (Phi) is 3.16. The molecule has 0 amide bonds. The van der Waals surface area contributed by atoms with Gasteiger partial charge in [0.05, 0.1) is 10.2 Å². The predicted molar refractivity (Wildman–Crippen MR) is 44.1 cm³/mol. The summed E-state index contributed by atoms with van der Waals surface area (Å²) < 4.78 is 0.863. The van der Waals surface area contributed by atoms with Crippen LogP contribution in [0, 0.1) is 0 Å². The van der Waals surface area contributed by atoms with Crippen LogP contribution in [0.2, 0.25) is 0 Å². The molecule has 0 aliphatic carbocycles. The molecular formula is C7H7BrN2O. The highest BCUT2D eigenvalue weighted by atomic mass is 79.9.